The first kappa shape index (κ1) is 16.4. The molecule has 6 nitrogen and oxygen atoms in total. The van der Waals surface area contributed by atoms with Gasteiger partial charge in [-0.1, -0.05) is 12.1 Å². The lowest BCUT2D eigenvalue weighted by atomic mass is 10.1. The maximum atomic E-state index is 11.5. The summed E-state index contributed by atoms with van der Waals surface area (Å²) < 4.78 is 5.15. The monoisotopic (exact) mass is 334 g/mol. The van der Waals surface area contributed by atoms with Gasteiger partial charge in [0.1, 0.15) is 5.75 Å². The van der Waals surface area contributed by atoms with Gasteiger partial charge < -0.3 is 15.4 Å². The minimum Gasteiger partial charge on any atom is -0.497 e. The number of carbonyl (C=O) groups excluding carboxylic acids is 1. The predicted octanol–water partition coefficient (Wildman–Crippen LogP) is 3.26. The number of hydrogen-bond acceptors (Lipinski definition) is 5. The molecule has 1 heterocycles. The lowest BCUT2D eigenvalue weighted by Crippen LogP contribution is -2.17. The van der Waals surface area contributed by atoms with Crippen molar-refractivity contribution in [3.63, 3.8) is 0 Å². The number of amides is 1. The van der Waals surface area contributed by atoms with Crippen LogP contribution in [-0.4, -0.2) is 30.0 Å². The molecule has 6 heteroatoms. The van der Waals surface area contributed by atoms with Gasteiger partial charge in [-0.05, 0) is 42.0 Å². The number of methoxy groups -OCH3 is 1. The van der Waals surface area contributed by atoms with Crippen LogP contribution in [0.1, 0.15) is 10.4 Å². The van der Waals surface area contributed by atoms with E-state index in [4.69, 9.17) is 4.74 Å². The first-order chi connectivity index (χ1) is 12.2. The summed E-state index contributed by atoms with van der Waals surface area (Å²) in [5.41, 5.74) is 3.35. The molecule has 126 valence electrons. The van der Waals surface area contributed by atoms with Gasteiger partial charge in [0, 0.05) is 36.3 Å². The molecule has 2 N–H and O–H groups in total. The number of anilines is 2. The van der Waals surface area contributed by atoms with Crippen molar-refractivity contribution in [1.82, 2.24) is 15.3 Å². The third-order valence-corrected chi connectivity index (χ3v) is 3.71. The number of hydrogen-bond donors (Lipinski definition) is 2. The van der Waals surface area contributed by atoms with Crippen molar-refractivity contribution in [2.45, 2.75) is 0 Å². The number of nitrogens with zero attached hydrogens (tertiary/aromatic N) is 2. The lowest BCUT2D eigenvalue weighted by molar-refractivity contribution is 0.0963. The van der Waals surface area contributed by atoms with Gasteiger partial charge in [0.25, 0.3) is 5.91 Å². The minimum atomic E-state index is -0.119. The quantitative estimate of drug-likeness (QED) is 0.749. The number of rotatable bonds is 5. The zero-order chi connectivity index (χ0) is 17.6. The number of benzene rings is 2. The van der Waals surface area contributed by atoms with E-state index in [0.717, 1.165) is 22.6 Å². The Morgan fingerprint density at radius 2 is 1.56 bits per heavy atom. The Labute approximate surface area is 145 Å². The van der Waals surface area contributed by atoms with E-state index in [-0.39, 0.29) is 5.91 Å². The Kier molecular flexibility index (Phi) is 4.89. The van der Waals surface area contributed by atoms with Gasteiger partial charge in [-0.15, -0.1) is 0 Å². The van der Waals surface area contributed by atoms with Gasteiger partial charge in [0.15, 0.2) is 0 Å². The molecule has 0 unspecified atom stereocenters. The van der Waals surface area contributed by atoms with Gasteiger partial charge in [-0.2, -0.15) is 0 Å². The van der Waals surface area contributed by atoms with E-state index < -0.39 is 0 Å². The van der Waals surface area contributed by atoms with E-state index in [1.807, 2.05) is 36.4 Å². The summed E-state index contributed by atoms with van der Waals surface area (Å²) in [4.78, 5) is 20.2. The van der Waals surface area contributed by atoms with Gasteiger partial charge in [0.2, 0.25) is 5.95 Å². The molecule has 0 aliphatic carbocycles. The Hall–Kier alpha value is -3.41. The maximum absolute atomic E-state index is 11.5. The van der Waals surface area contributed by atoms with E-state index >= 15 is 0 Å². The molecule has 0 atom stereocenters. The Morgan fingerprint density at radius 3 is 2.12 bits per heavy atom. The fraction of sp³-hybridized carbons (Fsp3) is 0.105. The molecule has 0 aliphatic heterocycles. The molecular weight excluding hydrogens is 316 g/mol. The van der Waals surface area contributed by atoms with Crippen molar-refractivity contribution in [2.24, 2.45) is 0 Å². The van der Waals surface area contributed by atoms with Crippen LogP contribution in [0.5, 0.6) is 5.75 Å². The highest BCUT2D eigenvalue weighted by Crippen LogP contribution is 2.22. The molecule has 2 aromatic carbocycles. The van der Waals surface area contributed by atoms with Crippen molar-refractivity contribution in [3.8, 4) is 16.9 Å². The van der Waals surface area contributed by atoms with Crippen molar-refractivity contribution in [3.05, 3.63) is 66.5 Å². The molecule has 25 heavy (non-hydrogen) atoms. The summed E-state index contributed by atoms with van der Waals surface area (Å²) in [6.45, 7) is 0. The van der Waals surface area contributed by atoms with Gasteiger partial charge in [0.05, 0.1) is 7.11 Å². The number of nitrogens with one attached hydrogen (secondary N) is 2. The topological polar surface area (TPSA) is 76.1 Å². The Bertz CT molecular complexity index is 844. The smallest absolute Gasteiger partial charge is 0.251 e. The first-order valence-corrected chi connectivity index (χ1v) is 7.75. The van der Waals surface area contributed by atoms with Gasteiger partial charge >= 0.3 is 0 Å². The molecular formula is C19H18N4O2. The summed E-state index contributed by atoms with van der Waals surface area (Å²) in [6, 6.07) is 14.8. The van der Waals surface area contributed by atoms with E-state index in [1.54, 1.807) is 38.7 Å². The standard InChI is InChI=1S/C19H18N4O2/c1-20-18(24)14-3-7-16(8-4-14)23-19-21-11-15(12-22-19)13-5-9-17(25-2)10-6-13/h3-12H,1-2H3,(H,20,24)(H,21,22,23). The molecule has 0 aliphatic rings. The Balaban J connectivity index is 1.70. The molecule has 0 spiro atoms. The van der Waals surface area contributed by atoms with Crippen molar-refractivity contribution in [1.29, 1.82) is 0 Å². The Morgan fingerprint density at radius 1 is 0.920 bits per heavy atom. The zero-order valence-corrected chi connectivity index (χ0v) is 14.0. The predicted molar refractivity (Wildman–Crippen MR) is 97.1 cm³/mol. The van der Waals surface area contributed by atoms with E-state index in [1.165, 1.54) is 0 Å². The van der Waals surface area contributed by atoms with Crippen LogP contribution >= 0.6 is 0 Å². The summed E-state index contributed by atoms with van der Waals surface area (Å²) in [5.74, 6) is 1.18. The fourth-order valence-corrected chi connectivity index (χ4v) is 2.30. The molecule has 0 saturated heterocycles. The molecule has 0 radical (unpaired) electrons. The average molecular weight is 334 g/mol. The molecule has 0 bridgehead atoms. The summed E-state index contributed by atoms with van der Waals surface area (Å²) in [6.07, 6.45) is 3.52. The van der Waals surface area contributed by atoms with Crippen LogP contribution in [0.2, 0.25) is 0 Å². The van der Waals surface area contributed by atoms with Crippen LogP contribution < -0.4 is 15.4 Å². The highest BCUT2D eigenvalue weighted by molar-refractivity contribution is 5.94. The van der Waals surface area contributed by atoms with E-state index in [0.29, 0.717) is 11.5 Å². The number of aromatic nitrogens is 2. The molecule has 1 aromatic heterocycles. The second-order valence-electron chi connectivity index (χ2n) is 5.31. The number of ether oxygens (including phenoxy) is 1. The third-order valence-electron chi connectivity index (χ3n) is 3.71. The van der Waals surface area contributed by atoms with Gasteiger partial charge in [-0.3, -0.25) is 4.79 Å². The average Bonchev–Trinajstić information content (AvgIpc) is 2.68. The van der Waals surface area contributed by atoms with Crippen LogP contribution in [-0.2, 0) is 0 Å². The molecule has 1 amide bonds. The molecule has 3 rings (SSSR count). The highest BCUT2D eigenvalue weighted by Gasteiger charge is 2.04. The normalized spacial score (nSPS) is 10.2. The van der Waals surface area contributed by atoms with Gasteiger partial charge in [-0.25, -0.2) is 9.97 Å². The van der Waals surface area contributed by atoms with Crippen LogP contribution in [0.4, 0.5) is 11.6 Å². The lowest BCUT2D eigenvalue weighted by Gasteiger charge is -2.07. The molecule has 3 aromatic rings. The number of carbonyl (C=O) groups is 1. The SMILES string of the molecule is CNC(=O)c1ccc(Nc2ncc(-c3ccc(OC)cc3)cn2)cc1. The second-order valence-corrected chi connectivity index (χ2v) is 5.31. The zero-order valence-electron chi connectivity index (χ0n) is 14.0. The largest absolute Gasteiger partial charge is 0.497 e. The van der Waals surface area contributed by atoms with Crippen molar-refractivity contribution < 1.29 is 9.53 Å². The minimum absolute atomic E-state index is 0.119. The highest BCUT2D eigenvalue weighted by atomic mass is 16.5. The van der Waals surface area contributed by atoms with E-state index in [2.05, 4.69) is 20.6 Å². The second kappa shape index (κ2) is 7.44. The third kappa shape index (κ3) is 3.92. The van der Waals surface area contributed by atoms with Crippen LogP contribution in [0, 0.1) is 0 Å². The first-order valence-electron chi connectivity index (χ1n) is 7.75. The van der Waals surface area contributed by atoms with Crippen LogP contribution in [0.3, 0.4) is 0 Å². The molecule has 0 saturated carbocycles. The van der Waals surface area contributed by atoms with E-state index in [9.17, 15) is 4.79 Å². The summed E-state index contributed by atoms with van der Waals surface area (Å²) >= 11 is 0. The maximum Gasteiger partial charge on any atom is 0.251 e. The van der Waals surface area contributed by atoms with Crippen LogP contribution in [0.25, 0.3) is 11.1 Å². The van der Waals surface area contributed by atoms with Crippen molar-refractivity contribution in [2.75, 3.05) is 19.5 Å². The van der Waals surface area contributed by atoms with Crippen molar-refractivity contribution >= 4 is 17.5 Å². The molecule has 0 fully saturated rings. The summed E-state index contributed by atoms with van der Waals surface area (Å²) in [7, 11) is 3.24. The fourth-order valence-electron chi connectivity index (χ4n) is 2.30. The van der Waals surface area contributed by atoms with Crippen LogP contribution in [0.15, 0.2) is 60.9 Å². The summed E-state index contributed by atoms with van der Waals surface area (Å²) in [5, 5.41) is 5.70.